The molecule has 0 spiro atoms. The molecule has 0 fully saturated rings. The number of nitrogens with two attached hydrogens (primary N) is 1. The minimum atomic E-state index is 0.342. The largest absolute Gasteiger partial charge is 0.399 e. The molecule has 0 aliphatic heterocycles. The lowest BCUT2D eigenvalue weighted by Gasteiger charge is -2.26. The number of anilines is 2. The average Bonchev–Trinajstić information content (AvgIpc) is 2.79. The lowest BCUT2D eigenvalue weighted by Crippen LogP contribution is -2.31. The van der Waals surface area contributed by atoms with Crippen molar-refractivity contribution in [3.8, 4) is 0 Å². The summed E-state index contributed by atoms with van der Waals surface area (Å²) >= 11 is 7.70. The van der Waals surface area contributed by atoms with Crippen LogP contribution in [-0.2, 0) is 6.42 Å². The third kappa shape index (κ3) is 3.15. The van der Waals surface area contributed by atoms with E-state index in [0.29, 0.717) is 16.9 Å². The van der Waals surface area contributed by atoms with Crippen molar-refractivity contribution in [3.05, 3.63) is 39.7 Å². The Morgan fingerprint density at radius 1 is 1.50 bits per heavy atom. The van der Waals surface area contributed by atoms with E-state index < -0.39 is 0 Å². The maximum Gasteiger partial charge on any atom is 0.133 e. The Morgan fingerprint density at radius 2 is 2.28 bits per heavy atom. The number of nitrogens with zero attached hydrogens (tertiary/aromatic N) is 2. The topological polar surface area (TPSA) is 42.1 Å². The fraction of sp³-hybridized carbons (Fsp3) is 0.308. The van der Waals surface area contributed by atoms with Gasteiger partial charge in [-0.2, -0.15) is 0 Å². The van der Waals surface area contributed by atoms with E-state index in [1.807, 2.05) is 13.1 Å². The van der Waals surface area contributed by atoms with Crippen molar-refractivity contribution >= 4 is 34.4 Å². The molecule has 2 heterocycles. The van der Waals surface area contributed by atoms with Gasteiger partial charge in [-0.25, -0.2) is 4.98 Å². The molecule has 5 heteroatoms. The van der Waals surface area contributed by atoms with Crippen LogP contribution in [0, 0.1) is 0 Å². The van der Waals surface area contributed by atoms with Crippen LogP contribution >= 0.6 is 22.9 Å². The summed E-state index contributed by atoms with van der Waals surface area (Å²) in [5, 5.41) is 2.53. The summed E-state index contributed by atoms with van der Waals surface area (Å²) in [4.78, 5) is 7.76. The zero-order chi connectivity index (χ0) is 13.1. The predicted octanol–water partition coefficient (Wildman–Crippen LogP) is 3.45. The number of thiophene rings is 1. The minimum Gasteiger partial charge on any atom is -0.399 e. The number of pyridine rings is 1. The number of nitrogen functional groups attached to an aromatic ring is 1. The van der Waals surface area contributed by atoms with Gasteiger partial charge in [0.2, 0.25) is 0 Å². The van der Waals surface area contributed by atoms with E-state index in [-0.39, 0.29) is 0 Å². The Labute approximate surface area is 116 Å². The highest BCUT2D eigenvalue weighted by Crippen LogP contribution is 2.22. The number of rotatable bonds is 4. The summed E-state index contributed by atoms with van der Waals surface area (Å²) in [7, 11) is 2.01. The first kappa shape index (κ1) is 13.2. The van der Waals surface area contributed by atoms with Crippen LogP contribution in [0.4, 0.5) is 11.5 Å². The van der Waals surface area contributed by atoms with Crippen LogP contribution in [-0.4, -0.2) is 18.1 Å². The van der Waals surface area contributed by atoms with Crippen molar-refractivity contribution in [2.45, 2.75) is 19.4 Å². The second-order valence-corrected chi connectivity index (χ2v) is 5.74. The molecule has 0 aliphatic carbocycles. The molecule has 2 rings (SSSR count). The molecule has 0 aromatic carbocycles. The summed E-state index contributed by atoms with van der Waals surface area (Å²) in [6.45, 7) is 2.17. The lowest BCUT2D eigenvalue weighted by molar-refractivity contribution is 0.680. The monoisotopic (exact) mass is 281 g/mol. The van der Waals surface area contributed by atoms with Crippen molar-refractivity contribution < 1.29 is 0 Å². The standard InChI is InChI=1S/C13H16ClN3S/c1-9(6-11-4-3-5-18-11)17(2)13-8-10(15)7-12(14)16-13/h3-5,7-9H,6H2,1-2H3,(H2,15,16). The molecule has 0 bridgehead atoms. The maximum atomic E-state index is 5.93. The van der Waals surface area contributed by atoms with E-state index in [2.05, 4.69) is 34.3 Å². The van der Waals surface area contributed by atoms with Crippen LogP contribution < -0.4 is 10.6 Å². The van der Waals surface area contributed by atoms with Crippen molar-refractivity contribution in [1.29, 1.82) is 0 Å². The van der Waals surface area contributed by atoms with Gasteiger partial charge in [0.05, 0.1) is 0 Å². The maximum absolute atomic E-state index is 5.93. The highest BCUT2D eigenvalue weighted by Gasteiger charge is 2.13. The van der Waals surface area contributed by atoms with E-state index in [1.165, 1.54) is 4.88 Å². The first-order valence-electron chi connectivity index (χ1n) is 5.74. The SMILES string of the molecule is CC(Cc1cccs1)N(C)c1cc(N)cc(Cl)n1. The number of hydrogen-bond donors (Lipinski definition) is 1. The lowest BCUT2D eigenvalue weighted by atomic mass is 10.2. The van der Waals surface area contributed by atoms with E-state index in [4.69, 9.17) is 17.3 Å². The summed E-state index contributed by atoms with van der Waals surface area (Å²) in [6.07, 6.45) is 0.988. The molecule has 0 aliphatic rings. The van der Waals surface area contributed by atoms with Gasteiger partial charge in [0, 0.05) is 36.1 Å². The zero-order valence-electron chi connectivity index (χ0n) is 10.4. The number of likely N-dealkylation sites (N-methyl/N-ethyl adjacent to an activating group) is 1. The number of hydrogen-bond acceptors (Lipinski definition) is 4. The number of halogens is 1. The average molecular weight is 282 g/mol. The smallest absolute Gasteiger partial charge is 0.133 e. The quantitative estimate of drug-likeness (QED) is 0.873. The Balaban J connectivity index is 2.12. The Bertz CT molecular complexity index is 493. The molecule has 0 saturated heterocycles. The molecule has 2 aromatic rings. The van der Waals surface area contributed by atoms with Gasteiger partial charge >= 0.3 is 0 Å². The first-order chi connectivity index (χ1) is 8.56. The molecule has 3 nitrogen and oxygen atoms in total. The van der Waals surface area contributed by atoms with E-state index in [1.54, 1.807) is 17.4 Å². The molecule has 1 unspecified atom stereocenters. The van der Waals surface area contributed by atoms with Gasteiger partial charge in [0.25, 0.3) is 0 Å². The van der Waals surface area contributed by atoms with Gasteiger partial charge < -0.3 is 10.6 Å². The molecular formula is C13H16ClN3S. The van der Waals surface area contributed by atoms with Crippen molar-refractivity contribution in [1.82, 2.24) is 4.98 Å². The van der Waals surface area contributed by atoms with Crippen LogP contribution in [0.3, 0.4) is 0 Å². The normalized spacial score (nSPS) is 12.4. The first-order valence-corrected chi connectivity index (χ1v) is 7.00. The second-order valence-electron chi connectivity index (χ2n) is 4.32. The van der Waals surface area contributed by atoms with Gasteiger partial charge in [-0.1, -0.05) is 17.7 Å². The van der Waals surface area contributed by atoms with Crippen LogP contribution in [0.15, 0.2) is 29.6 Å². The third-order valence-corrected chi connectivity index (χ3v) is 3.99. The summed E-state index contributed by atoms with van der Waals surface area (Å²) in [5.41, 5.74) is 6.42. The molecule has 0 saturated carbocycles. The van der Waals surface area contributed by atoms with Crippen LogP contribution in [0.5, 0.6) is 0 Å². The highest BCUT2D eigenvalue weighted by molar-refractivity contribution is 7.09. The molecular weight excluding hydrogens is 266 g/mol. The number of aromatic nitrogens is 1. The van der Waals surface area contributed by atoms with Crippen LogP contribution in [0.2, 0.25) is 5.15 Å². The summed E-state index contributed by atoms with van der Waals surface area (Å²) < 4.78 is 0. The van der Waals surface area contributed by atoms with Gasteiger partial charge in [-0.05, 0) is 24.4 Å². The second kappa shape index (κ2) is 5.59. The van der Waals surface area contributed by atoms with Crippen molar-refractivity contribution in [2.24, 2.45) is 0 Å². The molecule has 0 radical (unpaired) electrons. The predicted molar refractivity (Wildman–Crippen MR) is 79.5 cm³/mol. The van der Waals surface area contributed by atoms with Gasteiger partial charge in [-0.15, -0.1) is 11.3 Å². The Kier molecular flexibility index (Phi) is 4.09. The fourth-order valence-electron chi connectivity index (χ4n) is 1.77. The van der Waals surface area contributed by atoms with Crippen LogP contribution in [0.25, 0.3) is 0 Å². The van der Waals surface area contributed by atoms with Gasteiger partial charge in [-0.3, -0.25) is 0 Å². The Morgan fingerprint density at radius 3 is 2.89 bits per heavy atom. The highest BCUT2D eigenvalue weighted by atomic mass is 35.5. The van der Waals surface area contributed by atoms with E-state index >= 15 is 0 Å². The Hall–Kier alpha value is -1.26. The van der Waals surface area contributed by atoms with Gasteiger partial charge in [0.15, 0.2) is 0 Å². The third-order valence-electron chi connectivity index (χ3n) is 2.90. The molecule has 0 amide bonds. The van der Waals surface area contributed by atoms with Crippen molar-refractivity contribution in [2.75, 3.05) is 17.7 Å². The molecule has 96 valence electrons. The zero-order valence-corrected chi connectivity index (χ0v) is 12.0. The minimum absolute atomic E-state index is 0.342. The molecule has 2 aromatic heterocycles. The molecule has 1 atom stereocenters. The van der Waals surface area contributed by atoms with E-state index in [9.17, 15) is 0 Å². The van der Waals surface area contributed by atoms with E-state index in [0.717, 1.165) is 12.2 Å². The fourth-order valence-corrected chi connectivity index (χ4v) is 2.80. The molecule has 18 heavy (non-hydrogen) atoms. The summed E-state index contributed by atoms with van der Waals surface area (Å²) in [6, 6.07) is 8.06. The van der Waals surface area contributed by atoms with Gasteiger partial charge in [0.1, 0.15) is 11.0 Å². The van der Waals surface area contributed by atoms with Crippen LogP contribution in [0.1, 0.15) is 11.8 Å². The molecule has 2 N–H and O–H groups in total. The van der Waals surface area contributed by atoms with Crippen molar-refractivity contribution in [3.63, 3.8) is 0 Å². The summed E-state index contributed by atoms with van der Waals surface area (Å²) in [5.74, 6) is 0.809.